The maximum atomic E-state index is 13.1. The first-order chi connectivity index (χ1) is 16.9. The van der Waals surface area contributed by atoms with Crippen LogP contribution in [0.1, 0.15) is 42.9 Å². The fourth-order valence-electron chi connectivity index (χ4n) is 4.96. The molecular formula is C26H32N4O4S. The van der Waals surface area contributed by atoms with E-state index in [1.807, 2.05) is 18.2 Å². The highest BCUT2D eigenvalue weighted by molar-refractivity contribution is 7.89. The number of ether oxygens (including phenoxy) is 1. The van der Waals surface area contributed by atoms with Gasteiger partial charge in [-0.3, -0.25) is 9.69 Å². The number of piperidine rings is 1. The fraction of sp³-hybridized carbons (Fsp3) is 0.462. The van der Waals surface area contributed by atoms with Gasteiger partial charge in [0.1, 0.15) is 11.8 Å². The molecule has 1 atom stereocenters. The van der Waals surface area contributed by atoms with E-state index < -0.39 is 10.0 Å². The lowest BCUT2D eigenvalue weighted by molar-refractivity contribution is -0.126. The van der Waals surface area contributed by atoms with Crippen molar-refractivity contribution in [3.63, 3.8) is 0 Å². The summed E-state index contributed by atoms with van der Waals surface area (Å²) in [6.45, 7) is 3.04. The summed E-state index contributed by atoms with van der Waals surface area (Å²) in [7, 11) is -2.13. The molecule has 2 heterocycles. The number of methoxy groups -OCH3 is 1. The summed E-state index contributed by atoms with van der Waals surface area (Å²) in [6.07, 6.45) is 3.22. The van der Waals surface area contributed by atoms with Crippen molar-refractivity contribution in [2.45, 2.75) is 36.6 Å². The van der Waals surface area contributed by atoms with Crippen molar-refractivity contribution in [2.75, 3.05) is 39.8 Å². The molecule has 0 unspecified atom stereocenters. The normalized spacial score (nSPS) is 18.6. The maximum Gasteiger partial charge on any atom is 0.244 e. The lowest BCUT2D eigenvalue weighted by atomic mass is 9.97. The van der Waals surface area contributed by atoms with E-state index in [2.05, 4.69) is 22.3 Å². The second-order valence-corrected chi connectivity index (χ2v) is 11.0. The molecule has 186 valence electrons. The Labute approximate surface area is 207 Å². The summed E-state index contributed by atoms with van der Waals surface area (Å²) in [4.78, 5) is 15.4. The predicted molar refractivity (Wildman–Crippen MR) is 132 cm³/mol. The van der Waals surface area contributed by atoms with Crippen molar-refractivity contribution < 1.29 is 17.9 Å². The molecule has 1 amide bonds. The van der Waals surface area contributed by atoms with Crippen molar-refractivity contribution >= 4 is 15.9 Å². The molecule has 2 aliphatic heterocycles. The SMILES string of the molecule is COc1ccc([C@@H](CNC(=O)C2CCN(S(=O)(=O)c3ccccc3C#N)CC2)N2CCCC2)cc1. The van der Waals surface area contributed by atoms with E-state index in [4.69, 9.17) is 4.74 Å². The van der Waals surface area contributed by atoms with Gasteiger partial charge in [-0.05, 0) is 68.6 Å². The minimum atomic E-state index is -3.77. The van der Waals surface area contributed by atoms with Crippen LogP contribution in [0, 0.1) is 17.2 Å². The number of carbonyl (C=O) groups excluding carboxylic acids is 1. The Morgan fingerprint density at radius 1 is 1.09 bits per heavy atom. The first kappa shape index (κ1) is 25.2. The Balaban J connectivity index is 1.36. The van der Waals surface area contributed by atoms with E-state index in [1.165, 1.54) is 16.4 Å². The van der Waals surface area contributed by atoms with Crippen LogP contribution in [0.3, 0.4) is 0 Å². The number of amides is 1. The number of nitrogens with one attached hydrogen (secondary N) is 1. The summed E-state index contributed by atoms with van der Waals surface area (Å²) in [5.74, 6) is 0.539. The van der Waals surface area contributed by atoms with Crippen LogP contribution in [0.5, 0.6) is 5.75 Å². The molecule has 8 nitrogen and oxygen atoms in total. The average Bonchev–Trinajstić information content (AvgIpc) is 3.44. The molecule has 4 rings (SSSR count). The zero-order chi connectivity index (χ0) is 24.8. The van der Waals surface area contributed by atoms with E-state index in [0.29, 0.717) is 19.4 Å². The van der Waals surface area contributed by atoms with Crippen molar-refractivity contribution in [1.82, 2.24) is 14.5 Å². The van der Waals surface area contributed by atoms with Gasteiger partial charge in [-0.25, -0.2) is 8.42 Å². The van der Waals surface area contributed by atoms with E-state index in [1.54, 1.807) is 19.2 Å². The Morgan fingerprint density at radius 2 is 1.74 bits per heavy atom. The number of likely N-dealkylation sites (tertiary alicyclic amines) is 1. The zero-order valence-corrected chi connectivity index (χ0v) is 20.8. The van der Waals surface area contributed by atoms with Crippen LogP contribution in [0.25, 0.3) is 0 Å². The van der Waals surface area contributed by atoms with Crippen LogP contribution in [-0.2, 0) is 14.8 Å². The minimum absolute atomic E-state index is 0.0262. The van der Waals surface area contributed by atoms with Gasteiger partial charge in [0, 0.05) is 25.6 Å². The molecule has 0 aromatic heterocycles. The standard InChI is InChI=1S/C26H32N4O4S/c1-34-23-10-8-20(9-11-23)24(29-14-4-5-15-29)19-28-26(31)21-12-16-30(17-13-21)35(32,33)25-7-3-2-6-22(25)18-27/h2-3,6-11,21,24H,4-5,12-17,19H2,1H3,(H,28,31)/t24-/m1/s1. The number of nitriles is 1. The van der Waals surface area contributed by atoms with Crippen molar-refractivity contribution in [1.29, 1.82) is 5.26 Å². The van der Waals surface area contributed by atoms with Gasteiger partial charge in [0.25, 0.3) is 0 Å². The van der Waals surface area contributed by atoms with Crippen LogP contribution in [0.4, 0.5) is 0 Å². The zero-order valence-electron chi connectivity index (χ0n) is 20.0. The molecule has 2 aromatic rings. The van der Waals surface area contributed by atoms with Gasteiger partial charge >= 0.3 is 0 Å². The van der Waals surface area contributed by atoms with Crippen molar-refractivity contribution in [3.05, 3.63) is 59.7 Å². The number of carbonyl (C=O) groups is 1. The highest BCUT2D eigenvalue weighted by Crippen LogP contribution is 2.28. The van der Waals surface area contributed by atoms with Gasteiger partial charge < -0.3 is 10.1 Å². The monoisotopic (exact) mass is 496 g/mol. The quantitative estimate of drug-likeness (QED) is 0.603. The number of hydrogen-bond donors (Lipinski definition) is 1. The van der Waals surface area contributed by atoms with Crippen LogP contribution in [-0.4, -0.2) is 63.4 Å². The summed E-state index contributed by atoms with van der Waals surface area (Å²) >= 11 is 0. The number of rotatable bonds is 8. The van der Waals surface area contributed by atoms with Gasteiger partial charge in [-0.15, -0.1) is 0 Å². The number of nitrogens with zero attached hydrogens (tertiary/aromatic N) is 3. The topological polar surface area (TPSA) is 103 Å². The molecule has 1 N–H and O–H groups in total. The summed E-state index contributed by atoms with van der Waals surface area (Å²) < 4.78 is 32.8. The van der Waals surface area contributed by atoms with Gasteiger partial charge in [-0.2, -0.15) is 9.57 Å². The fourth-order valence-corrected chi connectivity index (χ4v) is 6.57. The van der Waals surface area contributed by atoms with Gasteiger partial charge in [-0.1, -0.05) is 24.3 Å². The van der Waals surface area contributed by atoms with Crippen LogP contribution >= 0.6 is 0 Å². The Morgan fingerprint density at radius 3 is 2.37 bits per heavy atom. The predicted octanol–water partition coefficient (Wildman–Crippen LogP) is 2.92. The van der Waals surface area contributed by atoms with Gasteiger partial charge in [0.2, 0.25) is 15.9 Å². The van der Waals surface area contributed by atoms with Crippen LogP contribution < -0.4 is 10.1 Å². The molecule has 2 aromatic carbocycles. The third-order valence-corrected chi connectivity index (χ3v) is 8.96. The van der Waals surface area contributed by atoms with Gasteiger partial charge in [0.05, 0.1) is 23.6 Å². The second-order valence-electron chi connectivity index (χ2n) is 9.06. The maximum absolute atomic E-state index is 13.1. The summed E-state index contributed by atoms with van der Waals surface area (Å²) in [5, 5.41) is 12.4. The summed E-state index contributed by atoms with van der Waals surface area (Å²) in [5.41, 5.74) is 1.28. The largest absolute Gasteiger partial charge is 0.497 e. The molecule has 2 saturated heterocycles. The van der Waals surface area contributed by atoms with E-state index in [0.717, 1.165) is 37.2 Å². The molecule has 0 saturated carbocycles. The number of sulfonamides is 1. The highest BCUT2D eigenvalue weighted by Gasteiger charge is 2.34. The molecule has 0 radical (unpaired) electrons. The smallest absolute Gasteiger partial charge is 0.244 e. The second kappa shape index (κ2) is 11.2. The third kappa shape index (κ3) is 5.67. The molecule has 0 bridgehead atoms. The van der Waals surface area contributed by atoms with Crippen LogP contribution in [0.2, 0.25) is 0 Å². The van der Waals surface area contributed by atoms with Crippen molar-refractivity contribution in [3.8, 4) is 11.8 Å². The molecule has 2 fully saturated rings. The number of hydrogen-bond acceptors (Lipinski definition) is 6. The van der Waals surface area contributed by atoms with Gasteiger partial charge in [0.15, 0.2) is 0 Å². The Kier molecular flexibility index (Phi) is 8.06. The molecule has 2 aliphatic rings. The lowest BCUT2D eigenvalue weighted by Crippen LogP contribution is -2.44. The molecule has 35 heavy (non-hydrogen) atoms. The third-order valence-electron chi connectivity index (χ3n) is 7.00. The number of benzene rings is 2. The first-order valence-electron chi connectivity index (χ1n) is 12.1. The Hall–Kier alpha value is -2.93. The van der Waals surface area contributed by atoms with E-state index in [-0.39, 0.29) is 41.4 Å². The average molecular weight is 497 g/mol. The van der Waals surface area contributed by atoms with Crippen molar-refractivity contribution in [2.24, 2.45) is 5.92 Å². The van der Waals surface area contributed by atoms with E-state index in [9.17, 15) is 18.5 Å². The minimum Gasteiger partial charge on any atom is -0.497 e. The van der Waals surface area contributed by atoms with E-state index >= 15 is 0 Å². The lowest BCUT2D eigenvalue weighted by Gasteiger charge is -2.32. The molecule has 9 heteroatoms. The molecule has 0 spiro atoms. The molecular weight excluding hydrogens is 464 g/mol. The Bertz CT molecular complexity index is 1160. The highest BCUT2D eigenvalue weighted by atomic mass is 32.2. The molecule has 0 aliphatic carbocycles. The summed E-state index contributed by atoms with van der Waals surface area (Å²) in [6, 6.07) is 16.3. The first-order valence-corrected chi connectivity index (χ1v) is 13.5. The van der Waals surface area contributed by atoms with Crippen LogP contribution in [0.15, 0.2) is 53.4 Å².